The fraction of sp³-hybridized carbons (Fsp3) is 0.0526. The molecule has 10 heteroatoms. The van der Waals surface area contributed by atoms with E-state index in [0.717, 1.165) is 29.0 Å². The maximum atomic E-state index is 11.7. The van der Waals surface area contributed by atoms with E-state index in [1.807, 2.05) is 0 Å². The minimum atomic E-state index is -1.02. The summed E-state index contributed by atoms with van der Waals surface area (Å²) in [6, 6.07) is 10.0. The van der Waals surface area contributed by atoms with Gasteiger partial charge in [0.1, 0.15) is 0 Å². The number of carbonyl (C=O) groups is 3. The van der Waals surface area contributed by atoms with E-state index in [1.165, 1.54) is 31.7 Å². The molecule has 1 aromatic heterocycles. The minimum Gasteiger partial charge on any atom is -0.478 e. The molecule has 2 aromatic rings. The topological polar surface area (TPSA) is 130 Å². The van der Waals surface area contributed by atoms with Gasteiger partial charge in [-0.05, 0) is 29.5 Å². The van der Waals surface area contributed by atoms with Crippen LogP contribution in [-0.4, -0.2) is 46.4 Å². The van der Waals surface area contributed by atoms with Crippen LogP contribution in [0.4, 0.5) is 0 Å². The Morgan fingerprint density at radius 1 is 1.24 bits per heavy atom. The second-order valence-electron chi connectivity index (χ2n) is 5.59. The maximum absolute atomic E-state index is 11.7. The molecule has 0 aliphatic carbocycles. The first-order valence-corrected chi connectivity index (χ1v) is 8.97. The second kappa shape index (κ2) is 8.93. The van der Waals surface area contributed by atoms with Crippen molar-refractivity contribution in [3.63, 3.8) is 0 Å². The van der Waals surface area contributed by atoms with Crippen molar-refractivity contribution in [1.82, 2.24) is 10.3 Å². The van der Waals surface area contributed by atoms with Gasteiger partial charge in [-0.25, -0.2) is 9.59 Å². The molecule has 29 heavy (non-hydrogen) atoms. The number of rotatable bonds is 5. The lowest BCUT2D eigenvalue weighted by molar-refractivity contribution is -0.135. The first-order chi connectivity index (χ1) is 14.0. The second-order valence-corrected chi connectivity index (χ2v) is 6.63. The summed E-state index contributed by atoms with van der Waals surface area (Å²) in [4.78, 5) is 38.3. The molecular weight excluding hydrogens is 396 g/mol. The van der Waals surface area contributed by atoms with Crippen molar-refractivity contribution in [1.29, 1.82) is 0 Å². The normalized spacial score (nSPS) is 16.4. The number of aromatic carboxylic acids is 1. The molecule has 1 aliphatic rings. The molecule has 2 N–H and O–H groups in total. The molecule has 0 unspecified atom stereocenters. The number of hydrogen-bond acceptors (Lipinski definition) is 8. The molecule has 1 aromatic carbocycles. The van der Waals surface area contributed by atoms with Gasteiger partial charge in [0.25, 0.3) is 5.91 Å². The summed E-state index contributed by atoms with van der Waals surface area (Å²) in [5, 5.41) is 19.6. The zero-order valence-electron chi connectivity index (χ0n) is 15.0. The van der Waals surface area contributed by atoms with Crippen LogP contribution in [0.3, 0.4) is 0 Å². The Morgan fingerprint density at radius 2 is 2.00 bits per heavy atom. The van der Waals surface area contributed by atoms with E-state index < -0.39 is 17.8 Å². The Labute approximate surface area is 169 Å². The molecule has 146 valence electrons. The lowest BCUT2D eigenvalue weighted by Crippen LogP contribution is -2.19. The number of methoxy groups -OCH3 is 1. The molecule has 0 spiro atoms. The van der Waals surface area contributed by atoms with Crippen molar-refractivity contribution in [3.8, 4) is 11.3 Å². The molecule has 1 saturated heterocycles. The number of nitrogens with zero attached hydrogens (tertiary/aromatic N) is 3. The average Bonchev–Trinajstić information content (AvgIpc) is 3.07. The molecule has 0 bridgehead atoms. The van der Waals surface area contributed by atoms with Crippen LogP contribution in [0.5, 0.6) is 0 Å². The van der Waals surface area contributed by atoms with Crippen LogP contribution in [0, 0.1) is 0 Å². The van der Waals surface area contributed by atoms with E-state index >= 15 is 0 Å². The van der Waals surface area contributed by atoms with Gasteiger partial charge in [-0.1, -0.05) is 24.3 Å². The van der Waals surface area contributed by atoms with Crippen molar-refractivity contribution >= 4 is 41.0 Å². The zero-order chi connectivity index (χ0) is 20.8. The van der Waals surface area contributed by atoms with E-state index in [0.29, 0.717) is 5.69 Å². The summed E-state index contributed by atoms with van der Waals surface area (Å²) in [6.45, 7) is 0. The van der Waals surface area contributed by atoms with Crippen molar-refractivity contribution in [2.45, 2.75) is 0 Å². The fourth-order valence-corrected chi connectivity index (χ4v) is 2.99. The van der Waals surface area contributed by atoms with Gasteiger partial charge < -0.3 is 9.84 Å². The number of carboxylic acids is 1. The van der Waals surface area contributed by atoms with Crippen molar-refractivity contribution < 1.29 is 24.2 Å². The molecule has 0 atom stereocenters. The molecule has 9 nitrogen and oxygen atoms in total. The molecule has 2 heterocycles. The molecule has 0 saturated carbocycles. The predicted octanol–water partition coefficient (Wildman–Crippen LogP) is 2.06. The van der Waals surface area contributed by atoms with Crippen LogP contribution >= 0.6 is 11.8 Å². The highest BCUT2D eigenvalue weighted by atomic mass is 32.2. The summed E-state index contributed by atoms with van der Waals surface area (Å²) in [5.41, 5.74) is 2.21. The van der Waals surface area contributed by atoms with Crippen LogP contribution in [0.15, 0.2) is 63.8 Å². The molecular formula is C19H14N4O5S. The van der Waals surface area contributed by atoms with Gasteiger partial charge in [-0.3, -0.25) is 15.1 Å². The van der Waals surface area contributed by atoms with E-state index in [2.05, 4.69) is 25.2 Å². The van der Waals surface area contributed by atoms with Gasteiger partial charge in [0, 0.05) is 17.8 Å². The van der Waals surface area contributed by atoms with Gasteiger partial charge in [0.2, 0.25) is 0 Å². The molecule has 1 fully saturated rings. The molecule has 3 rings (SSSR count). The van der Waals surface area contributed by atoms with E-state index in [1.54, 1.807) is 24.3 Å². The standard InChI is InChI=1S/C19H14N4O5S/c1-28-16(24)9-15-17(25)22-19(29-15)23-21-10-11-2-4-12(5-3-11)14-8-13(18(26)27)6-7-20-14/h2-10H,1H3,(H,26,27)(H,22,23,25)/b15-9+,21-10?. The smallest absolute Gasteiger partial charge is 0.335 e. The van der Waals surface area contributed by atoms with Crippen LogP contribution in [0.25, 0.3) is 11.3 Å². The maximum Gasteiger partial charge on any atom is 0.335 e. The summed E-state index contributed by atoms with van der Waals surface area (Å²) >= 11 is 0.981. The number of nitrogens with one attached hydrogen (secondary N) is 1. The number of thioether (sulfide) groups is 1. The summed E-state index contributed by atoms with van der Waals surface area (Å²) < 4.78 is 4.48. The number of amides is 1. The average molecular weight is 410 g/mol. The van der Waals surface area contributed by atoms with Crippen molar-refractivity contribution in [2.75, 3.05) is 7.11 Å². The Kier molecular flexibility index (Phi) is 6.15. The van der Waals surface area contributed by atoms with Crippen LogP contribution < -0.4 is 5.32 Å². The molecule has 1 amide bonds. The van der Waals surface area contributed by atoms with Crippen molar-refractivity contribution in [3.05, 3.63) is 64.7 Å². The Hall–Kier alpha value is -3.79. The lowest BCUT2D eigenvalue weighted by Gasteiger charge is -2.02. The van der Waals surface area contributed by atoms with E-state index in [9.17, 15) is 14.4 Å². The summed E-state index contributed by atoms with van der Waals surface area (Å²) in [7, 11) is 1.22. The number of amidine groups is 1. The number of esters is 1. The third-order valence-corrected chi connectivity index (χ3v) is 4.57. The number of carboxylic acid groups (broad SMARTS) is 1. The van der Waals surface area contributed by atoms with Crippen LogP contribution in [0.1, 0.15) is 15.9 Å². The highest BCUT2D eigenvalue weighted by molar-refractivity contribution is 8.18. The van der Waals surface area contributed by atoms with Gasteiger partial charge in [0.15, 0.2) is 5.17 Å². The molecule has 1 aliphatic heterocycles. The Bertz CT molecular complexity index is 1060. The van der Waals surface area contributed by atoms with Gasteiger partial charge in [-0.15, -0.1) is 5.10 Å². The highest BCUT2D eigenvalue weighted by Crippen LogP contribution is 2.23. The zero-order valence-corrected chi connectivity index (χ0v) is 15.8. The Morgan fingerprint density at radius 3 is 2.69 bits per heavy atom. The summed E-state index contributed by atoms with van der Waals surface area (Å²) in [5.74, 6) is -2.09. The number of pyridine rings is 1. The SMILES string of the molecule is COC(=O)/C=C1/S/C(=N\N=Cc2ccc(-c3cc(C(=O)O)ccn3)cc2)NC1=O. The van der Waals surface area contributed by atoms with E-state index in [-0.39, 0.29) is 15.6 Å². The Balaban J connectivity index is 1.68. The van der Waals surface area contributed by atoms with Gasteiger partial charge in [-0.2, -0.15) is 5.10 Å². The van der Waals surface area contributed by atoms with Gasteiger partial charge >= 0.3 is 11.9 Å². The third kappa shape index (κ3) is 5.14. The number of carbonyl (C=O) groups excluding carboxylic acids is 2. The first kappa shape index (κ1) is 20.0. The van der Waals surface area contributed by atoms with Crippen molar-refractivity contribution in [2.24, 2.45) is 10.2 Å². The summed E-state index contributed by atoms with van der Waals surface area (Å²) in [6.07, 6.45) is 4.02. The third-order valence-electron chi connectivity index (χ3n) is 3.67. The van der Waals surface area contributed by atoms with Gasteiger partial charge in [0.05, 0.1) is 29.5 Å². The number of aromatic nitrogens is 1. The first-order valence-electron chi connectivity index (χ1n) is 8.16. The highest BCUT2D eigenvalue weighted by Gasteiger charge is 2.24. The van der Waals surface area contributed by atoms with E-state index in [4.69, 9.17) is 5.11 Å². The lowest BCUT2D eigenvalue weighted by atomic mass is 10.1. The monoisotopic (exact) mass is 410 g/mol. The number of ether oxygens (including phenoxy) is 1. The molecule has 0 radical (unpaired) electrons. The minimum absolute atomic E-state index is 0.160. The largest absolute Gasteiger partial charge is 0.478 e. The predicted molar refractivity (Wildman–Crippen MR) is 107 cm³/mol. The van der Waals surface area contributed by atoms with Crippen LogP contribution in [0.2, 0.25) is 0 Å². The van der Waals surface area contributed by atoms with Crippen LogP contribution in [-0.2, 0) is 14.3 Å². The fourth-order valence-electron chi connectivity index (χ4n) is 2.25. The number of hydrogen-bond donors (Lipinski definition) is 2. The number of benzene rings is 1. The quantitative estimate of drug-likeness (QED) is 0.334.